The highest BCUT2D eigenvalue weighted by atomic mass is 16.6. The predicted octanol–water partition coefficient (Wildman–Crippen LogP) is 3.19. The van der Waals surface area contributed by atoms with Gasteiger partial charge in [0.05, 0.1) is 23.5 Å². The summed E-state index contributed by atoms with van der Waals surface area (Å²) in [6.45, 7) is 9.93. The zero-order chi connectivity index (χ0) is 24.8. The van der Waals surface area contributed by atoms with Crippen molar-refractivity contribution in [3.8, 4) is 0 Å². The van der Waals surface area contributed by atoms with Crippen LogP contribution in [0, 0.1) is 46.3 Å². The molecule has 3 N–H and O–H groups in total. The molecule has 6 heteroatoms. The van der Waals surface area contributed by atoms with Gasteiger partial charge in [0.1, 0.15) is 11.7 Å². The van der Waals surface area contributed by atoms with Gasteiger partial charge in [-0.25, -0.2) is 0 Å². The molecule has 188 valence electrons. The first-order valence-electron chi connectivity index (χ1n) is 13.1. The molecule has 1 aliphatic heterocycles. The maximum Gasteiger partial charge on any atom is 0.309 e. The third-order valence-electron chi connectivity index (χ3n) is 11.1. The van der Waals surface area contributed by atoms with Gasteiger partial charge in [0.15, 0.2) is 5.78 Å². The number of esters is 1. The molecule has 5 rings (SSSR count). The number of hydrogen-bond acceptors (Lipinski definition) is 6. The van der Waals surface area contributed by atoms with Crippen molar-refractivity contribution in [1.29, 1.82) is 0 Å². The van der Waals surface area contributed by atoms with Gasteiger partial charge in [-0.2, -0.15) is 0 Å². The van der Waals surface area contributed by atoms with E-state index in [1.54, 1.807) is 6.08 Å². The third-order valence-corrected chi connectivity index (χ3v) is 11.1. The molecule has 4 aliphatic carbocycles. The molecule has 0 aromatic carbocycles. The average Bonchev–Trinajstić information content (AvgIpc) is 3.14. The van der Waals surface area contributed by atoms with Crippen LogP contribution < -0.4 is 0 Å². The SMILES string of the molecule is C[C@H]1CC([C@](C)(O)[C@H]2CC[C@H]3[C@@H]4[C@@H](O)C=C5[C@@H](O)C=CC(=O)[C@]5(C)[C@H]4CC[C@@]32C)OC(=O)[C@@H]1C. The fraction of sp³-hybridized carbons (Fsp3) is 0.786. The predicted molar refractivity (Wildman–Crippen MR) is 126 cm³/mol. The Morgan fingerprint density at radius 2 is 1.79 bits per heavy atom. The highest BCUT2D eigenvalue weighted by Gasteiger charge is 2.65. The van der Waals surface area contributed by atoms with Crippen molar-refractivity contribution in [2.24, 2.45) is 46.3 Å². The molecular weight excluding hydrogens is 432 g/mol. The number of cyclic esters (lactones) is 1. The molecule has 0 spiro atoms. The van der Waals surface area contributed by atoms with Crippen molar-refractivity contribution in [3.05, 3.63) is 23.8 Å². The highest BCUT2D eigenvalue weighted by molar-refractivity contribution is 5.99. The van der Waals surface area contributed by atoms with Crippen molar-refractivity contribution in [2.45, 2.75) is 90.6 Å². The van der Waals surface area contributed by atoms with Crippen molar-refractivity contribution in [3.63, 3.8) is 0 Å². The molecular formula is C28H40O6. The molecule has 2 saturated carbocycles. The van der Waals surface area contributed by atoms with E-state index in [1.807, 2.05) is 27.7 Å². The molecule has 1 unspecified atom stereocenters. The second-order valence-electron chi connectivity index (χ2n) is 12.6. The first kappa shape index (κ1) is 24.2. The first-order chi connectivity index (χ1) is 15.8. The summed E-state index contributed by atoms with van der Waals surface area (Å²) in [5, 5.41) is 33.8. The first-order valence-corrected chi connectivity index (χ1v) is 13.1. The van der Waals surface area contributed by atoms with E-state index in [0.29, 0.717) is 12.0 Å². The summed E-state index contributed by atoms with van der Waals surface area (Å²) in [4.78, 5) is 25.6. The number of fused-ring (bicyclic) bond motifs is 5. The van der Waals surface area contributed by atoms with Crippen LogP contribution in [0.2, 0.25) is 0 Å². The maximum absolute atomic E-state index is 13.1. The number of ether oxygens (including phenoxy) is 1. The number of carbonyl (C=O) groups excluding carboxylic acids is 2. The van der Waals surface area contributed by atoms with Gasteiger partial charge in [-0.05, 0) is 98.7 Å². The Morgan fingerprint density at radius 1 is 1.09 bits per heavy atom. The Bertz CT molecular complexity index is 951. The van der Waals surface area contributed by atoms with Crippen LogP contribution in [0.5, 0.6) is 0 Å². The molecule has 0 amide bonds. The van der Waals surface area contributed by atoms with Crippen LogP contribution >= 0.6 is 0 Å². The average molecular weight is 473 g/mol. The molecule has 1 heterocycles. The topological polar surface area (TPSA) is 104 Å². The summed E-state index contributed by atoms with van der Waals surface area (Å²) >= 11 is 0. The van der Waals surface area contributed by atoms with Crippen LogP contribution in [0.3, 0.4) is 0 Å². The summed E-state index contributed by atoms with van der Waals surface area (Å²) in [6.07, 6.45) is 6.53. The van der Waals surface area contributed by atoms with Gasteiger partial charge >= 0.3 is 5.97 Å². The molecule has 6 nitrogen and oxygen atoms in total. The lowest BCUT2D eigenvalue weighted by Gasteiger charge is -2.59. The van der Waals surface area contributed by atoms with E-state index in [9.17, 15) is 24.9 Å². The summed E-state index contributed by atoms with van der Waals surface area (Å²) in [5.74, 6) is -0.323. The van der Waals surface area contributed by atoms with Gasteiger partial charge in [0.25, 0.3) is 0 Å². The Hall–Kier alpha value is -1.50. The van der Waals surface area contributed by atoms with E-state index >= 15 is 0 Å². The fourth-order valence-electron chi connectivity index (χ4n) is 8.83. The van der Waals surface area contributed by atoms with Crippen molar-refractivity contribution < 1.29 is 29.6 Å². The molecule has 1 saturated heterocycles. The second-order valence-corrected chi connectivity index (χ2v) is 12.6. The number of aliphatic hydroxyl groups is 3. The van der Waals surface area contributed by atoms with Gasteiger partial charge < -0.3 is 20.1 Å². The summed E-state index contributed by atoms with van der Waals surface area (Å²) < 4.78 is 5.78. The maximum atomic E-state index is 13.1. The lowest BCUT2D eigenvalue weighted by atomic mass is 9.46. The van der Waals surface area contributed by atoms with Gasteiger partial charge in [0, 0.05) is 0 Å². The van der Waals surface area contributed by atoms with Crippen LogP contribution in [0.15, 0.2) is 23.8 Å². The summed E-state index contributed by atoms with van der Waals surface area (Å²) in [5.41, 5.74) is -1.57. The Balaban J connectivity index is 1.47. The Kier molecular flexibility index (Phi) is 5.52. The lowest BCUT2D eigenvalue weighted by molar-refractivity contribution is -0.202. The number of aliphatic hydroxyl groups excluding tert-OH is 2. The Labute approximate surface area is 202 Å². The van der Waals surface area contributed by atoms with Gasteiger partial charge in [-0.3, -0.25) is 9.59 Å². The monoisotopic (exact) mass is 472 g/mol. The molecule has 3 fully saturated rings. The standard InChI is InChI=1S/C28H40O6/c1-14-12-23(34-25(32)15(14)2)28(5,33)21-8-6-16-24-17(10-11-26(16,21)3)27(4)18(13-20(24)30)19(29)7-9-22(27)31/h7,9,13-17,19-21,23-24,29-30,33H,6,8,10-12H2,1-5H3/t14-,15+,16-,17-,19-,20-,21-,23?,24-,26-,27+,28+/m0/s1. The number of ketones is 1. The minimum Gasteiger partial charge on any atom is -0.459 e. The number of hydrogen-bond donors (Lipinski definition) is 3. The molecule has 0 bridgehead atoms. The van der Waals surface area contributed by atoms with E-state index in [1.165, 1.54) is 12.2 Å². The second kappa shape index (κ2) is 7.75. The van der Waals surface area contributed by atoms with Crippen molar-refractivity contribution in [1.82, 2.24) is 0 Å². The van der Waals surface area contributed by atoms with Crippen LogP contribution in [0.1, 0.15) is 66.7 Å². The number of allylic oxidation sites excluding steroid dienone is 1. The molecule has 0 aromatic rings. The summed E-state index contributed by atoms with van der Waals surface area (Å²) in [7, 11) is 0. The third kappa shape index (κ3) is 3.10. The van der Waals surface area contributed by atoms with Crippen LogP contribution in [0.25, 0.3) is 0 Å². The van der Waals surface area contributed by atoms with E-state index in [-0.39, 0.29) is 52.7 Å². The van der Waals surface area contributed by atoms with E-state index in [4.69, 9.17) is 4.74 Å². The molecule has 0 radical (unpaired) electrons. The highest BCUT2D eigenvalue weighted by Crippen LogP contribution is 2.67. The van der Waals surface area contributed by atoms with Crippen molar-refractivity contribution in [2.75, 3.05) is 0 Å². The van der Waals surface area contributed by atoms with Gasteiger partial charge in [0.2, 0.25) is 0 Å². The largest absolute Gasteiger partial charge is 0.459 e. The summed E-state index contributed by atoms with van der Waals surface area (Å²) in [6, 6.07) is 0. The minimum atomic E-state index is -1.16. The van der Waals surface area contributed by atoms with Crippen molar-refractivity contribution >= 4 is 11.8 Å². The van der Waals surface area contributed by atoms with Gasteiger partial charge in [-0.15, -0.1) is 0 Å². The van der Waals surface area contributed by atoms with E-state index in [0.717, 1.165) is 25.7 Å². The molecule has 5 aliphatic rings. The number of rotatable bonds is 2. The zero-order valence-electron chi connectivity index (χ0n) is 21.0. The normalized spacial score (nSPS) is 52.1. The zero-order valence-corrected chi connectivity index (χ0v) is 21.0. The number of carbonyl (C=O) groups is 2. The minimum absolute atomic E-state index is 0.00771. The molecule has 0 aromatic heterocycles. The molecule has 34 heavy (non-hydrogen) atoms. The van der Waals surface area contributed by atoms with E-state index < -0.39 is 29.3 Å². The lowest BCUT2D eigenvalue weighted by Crippen LogP contribution is -2.60. The Morgan fingerprint density at radius 3 is 2.47 bits per heavy atom. The quantitative estimate of drug-likeness (QED) is 0.421. The fourth-order valence-corrected chi connectivity index (χ4v) is 8.83. The smallest absolute Gasteiger partial charge is 0.309 e. The molecule has 12 atom stereocenters. The van der Waals surface area contributed by atoms with E-state index in [2.05, 4.69) is 6.92 Å². The van der Waals surface area contributed by atoms with Crippen LogP contribution in [-0.2, 0) is 14.3 Å². The van der Waals surface area contributed by atoms with Crippen LogP contribution in [-0.4, -0.2) is 51.0 Å². The van der Waals surface area contributed by atoms with Gasteiger partial charge in [-0.1, -0.05) is 26.8 Å². The van der Waals surface area contributed by atoms with Crippen LogP contribution in [0.4, 0.5) is 0 Å².